The number of pyridine rings is 1. The van der Waals surface area contributed by atoms with Crippen molar-refractivity contribution < 1.29 is 9.47 Å². The van der Waals surface area contributed by atoms with E-state index in [1.54, 1.807) is 7.11 Å². The van der Waals surface area contributed by atoms with E-state index in [0.29, 0.717) is 19.1 Å². The largest absolute Gasteiger partial charge is 0.382 e. The maximum atomic E-state index is 5.70. The maximum Gasteiger partial charge on any atom is 0.193 e. The van der Waals surface area contributed by atoms with Crippen LogP contribution in [0.4, 0.5) is 5.82 Å². The molecule has 0 amide bonds. The Labute approximate surface area is 174 Å². The van der Waals surface area contributed by atoms with Crippen molar-refractivity contribution in [3.8, 4) is 0 Å². The van der Waals surface area contributed by atoms with E-state index in [4.69, 9.17) is 9.47 Å². The molecule has 29 heavy (non-hydrogen) atoms. The van der Waals surface area contributed by atoms with Crippen molar-refractivity contribution in [3.05, 3.63) is 23.9 Å². The van der Waals surface area contributed by atoms with Gasteiger partial charge in [0.1, 0.15) is 5.82 Å². The van der Waals surface area contributed by atoms with Gasteiger partial charge in [0.05, 0.1) is 19.8 Å². The molecule has 0 aliphatic carbocycles. The summed E-state index contributed by atoms with van der Waals surface area (Å²) in [6, 6.07) is 4.28. The molecular formula is C21H36N6O2. The van der Waals surface area contributed by atoms with Gasteiger partial charge in [-0.2, -0.15) is 0 Å². The first kappa shape index (κ1) is 21.8. The van der Waals surface area contributed by atoms with Gasteiger partial charge >= 0.3 is 0 Å². The normalized spacial score (nSPS) is 21.1. The smallest absolute Gasteiger partial charge is 0.193 e. The average Bonchev–Trinajstić information content (AvgIpc) is 3.21. The minimum absolute atomic E-state index is 0.551. The second-order valence-electron chi connectivity index (χ2n) is 7.88. The maximum absolute atomic E-state index is 5.70. The zero-order valence-corrected chi connectivity index (χ0v) is 18.1. The topological polar surface area (TPSA) is 65.5 Å². The Kier molecular flexibility index (Phi) is 8.52. The van der Waals surface area contributed by atoms with Crippen LogP contribution in [0.25, 0.3) is 0 Å². The predicted molar refractivity (Wildman–Crippen MR) is 117 cm³/mol. The predicted octanol–water partition coefficient (Wildman–Crippen LogP) is 0.894. The van der Waals surface area contributed by atoms with Gasteiger partial charge < -0.3 is 29.5 Å². The van der Waals surface area contributed by atoms with Crippen molar-refractivity contribution in [3.63, 3.8) is 0 Å². The van der Waals surface area contributed by atoms with E-state index in [9.17, 15) is 0 Å². The van der Waals surface area contributed by atoms with Crippen molar-refractivity contribution in [1.29, 1.82) is 0 Å². The second-order valence-corrected chi connectivity index (χ2v) is 7.88. The summed E-state index contributed by atoms with van der Waals surface area (Å²) in [6.45, 7) is 9.09. The minimum Gasteiger partial charge on any atom is -0.382 e. The molecule has 2 saturated heterocycles. The Bertz CT molecular complexity index is 648. The first-order valence-electron chi connectivity index (χ1n) is 10.6. The lowest BCUT2D eigenvalue weighted by molar-refractivity contribution is 0.0536. The summed E-state index contributed by atoms with van der Waals surface area (Å²) >= 11 is 0. The molecule has 8 nitrogen and oxygen atoms in total. The van der Waals surface area contributed by atoms with Gasteiger partial charge in [-0.15, -0.1) is 0 Å². The quantitative estimate of drug-likeness (QED) is 0.392. The number of hydrogen-bond donors (Lipinski definition) is 1. The summed E-state index contributed by atoms with van der Waals surface area (Å²) in [5, 5.41) is 3.52. The molecule has 1 aromatic heterocycles. The molecule has 2 aliphatic rings. The number of likely N-dealkylation sites (tertiary alicyclic amines) is 1. The lowest BCUT2D eigenvalue weighted by Gasteiger charge is -2.33. The monoisotopic (exact) mass is 404 g/mol. The number of likely N-dealkylation sites (N-methyl/N-ethyl adjacent to an activating group) is 1. The summed E-state index contributed by atoms with van der Waals surface area (Å²) in [6.07, 6.45) is 3.05. The van der Waals surface area contributed by atoms with Crippen LogP contribution in [0, 0.1) is 5.92 Å². The minimum atomic E-state index is 0.551. The first-order valence-corrected chi connectivity index (χ1v) is 10.6. The van der Waals surface area contributed by atoms with Gasteiger partial charge in [-0.25, -0.2) is 4.98 Å². The molecule has 8 heteroatoms. The van der Waals surface area contributed by atoms with E-state index >= 15 is 0 Å². The summed E-state index contributed by atoms with van der Waals surface area (Å²) in [5.41, 5.74) is 1.23. The molecule has 0 bridgehead atoms. The van der Waals surface area contributed by atoms with E-state index in [2.05, 4.69) is 49.2 Å². The van der Waals surface area contributed by atoms with Crippen LogP contribution in [0.15, 0.2) is 23.3 Å². The van der Waals surface area contributed by atoms with Crippen LogP contribution >= 0.6 is 0 Å². The number of rotatable bonds is 8. The molecule has 1 N–H and O–H groups in total. The molecule has 0 saturated carbocycles. The molecule has 1 aromatic rings. The van der Waals surface area contributed by atoms with E-state index in [-0.39, 0.29) is 0 Å². The highest BCUT2D eigenvalue weighted by molar-refractivity contribution is 5.80. The standard InChI is InChI=1S/C21H36N6O2/c1-22-21(27-7-5-19(16-27)17-29-13-12-28-3)24-15-18-4-6-23-20(14-18)26-10-8-25(2)9-11-26/h4,6,14,19H,5,7-13,15-17H2,1-3H3,(H,22,24). The highest BCUT2D eigenvalue weighted by Crippen LogP contribution is 2.18. The zero-order valence-electron chi connectivity index (χ0n) is 18.1. The number of guanidine groups is 1. The fourth-order valence-electron chi connectivity index (χ4n) is 3.85. The van der Waals surface area contributed by atoms with Gasteiger partial charge in [-0.1, -0.05) is 0 Å². The number of piperazine rings is 1. The third-order valence-electron chi connectivity index (χ3n) is 5.67. The van der Waals surface area contributed by atoms with E-state index in [1.165, 1.54) is 5.56 Å². The van der Waals surface area contributed by atoms with Crippen LogP contribution in [0.2, 0.25) is 0 Å². The third-order valence-corrected chi connectivity index (χ3v) is 5.67. The third kappa shape index (κ3) is 6.55. The fourth-order valence-corrected chi connectivity index (χ4v) is 3.85. The Hall–Kier alpha value is -1.90. The van der Waals surface area contributed by atoms with Crippen molar-refractivity contribution >= 4 is 11.8 Å². The zero-order chi connectivity index (χ0) is 20.5. The van der Waals surface area contributed by atoms with Crippen LogP contribution in [0.1, 0.15) is 12.0 Å². The number of aliphatic imine (C=N–C) groups is 1. The molecule has 2 fully saturated rings. The van der Waals surface area contributed by atoms with Crippen LogP contribution in [-0.4, -0.2) is 101 Å². The number of nitrogens with one attached hydrogen (secondary N) is 1. The van der Waals surface area contributed by atoms with E-state index in [1.807, 2.05) is 13.2 Å². The highest BCUT2D eigenvalue weighted by Gasteiger charge is 2.25. The molecule has 3 heterocycles. The van der Waals surface area contributed by atoms with Crippen LogP contribution in [0.3, 0.4) is 0 Å². The Morgan fingerprint density at radius 1 is 1.24 bits per heavy atom. The number of ether oxygens (including phenoxy) is 2. The molecule has 1 unspecified atom stereocenters. The SMILES string of the molecule is CN=C(NCc1ccnc(N2CCN(C)CC2)c1)N1CCC(COCCOC)C1. The molecule has 3 rings (SSSR count). The number of nitrogens with zero attached hydrogens (tertiary/aromatic N) is 5. The highest BCUT2D eigenvalue weighted by atomic mass is 16.5. The van der Waals surface area contributed by atoms with Crippen molar-refractivity contribution in [2.45, 2.75) is 13.0 Å². The van der Waals surface area contributed by atoms with Gasteiger partial charge in [0, 0.05) is 72.1 Å². The van der Waals surface area contributed by atoms with E-state index in [0.717, 1.165) is 70.6 Å². The van der Waals surface area contributed by atoms with Gasteiger partial charge in [0.2, 0.25) is 0 Å². The Balaban J connectivity index is 1.47. The number of aromatic nitrogens is 1. The molecule has 1 atom stereocenters. The Morgan fingerprint density at radius 3 is 2.83 bits per heavy atom. The molecule has 162 valence electrons. The lowest BCUT2D eigenvalue weighted by atomic mass is 10.1. The van der Waals surface area contributed by atoms with Gasteiger partial charge in [0.15, 0.2) is 5.96 Å². The summed E-state index contributed by atoms with van der Waals surface area (Å²) in [5.74, 6) is 2.58. The summed E-state index contributed by atoms with van der Waals surface area (Å²) in [7, 11) is 5.73. The molecule has 0 aromatic carbocycles. The molecular weight excluding hydrogens is 368 g/mol. The molecule has 0 radical (unpaired) electrons. The first-order chi connectivity index (χ1) is 14.2. The van der Waals surface area contributed by atoms with Crippen LogP contribution in [-0.2, 0) is 16.0 Å². The summed E-state index contributed by atoms with van der Waals surface area (Å²) < 4.78 is 10.7. The summed E-state index contributed by atoms with van der Waals surface area (Å²) in [4.78, 5) is 16.1. The van der Waals surface area contributed by atoms with Crippen molar-refractivity contribution in [2.24, 2.45) is 10.9 Å². The van der Waals surface area contributed by atoms with Gasteiger partial charge in [-0.3, -0.25) is 4.99 Å². The number of methoxy groups -OCH3 is 1. The van der Waals surface area contributed by atoms with Gasteiger partial charge in [-0.05, 0) is 31.2 Å². The average molecular weight is 405 g/mol. The van der Waals surface area contributed by atoms with Crippen LogP contribution < -0.4 is 10.2 Å². The Morgan fingerprint density at radius 2 is 2.07 bits per heavy atom. The van der Waals surface area contributed by atoms with Gasteiger partial charge in [0.25, 0.3) is 0 Å². The number of anilines is 1. The fraction of sp³-hybridized carbons (Fsp3) is 0.714. The van der Waals surface area contributed by atoms with Crippen LogP contribution in [0.5, 0.6) is 0 Å². The lowest BCUT2D eigenvalue weighted by Crippen LogP contribution is -2.44. The molecule has 2 aliphatic heterocycles. The van der Waals surface area contributed by atoms with Crippen molar-refractivity contribution in [2.75, 3.05) is 85.2 Å². The van der Waals surface area contributed by atoms with Crippen molar-refractivity contribution in [1.82, 2.24) is 20.1 Å². The molecule has 0 spiro atoms. The van der Waals surface area contributed by atoms with E-state index < -0.39 is 0 Å². The second kappa shape index (κ2) is 11.3. The number of hydrogen-bond acceptors (Lipinski definition) is 6.